The standard InChI is InChI=1S/C21H24N2/c1-18(23-14-8-9-15-23)16-21(17-22,19-10-4-2-5-11-19)20-12-6-3-7-13-20/h2-7,10-13,18H,8-9,14-16H2,1H3/t18-/m1/s1. The number of hydrogen-bond acceptors (Lipinski definition) is 2. The first-order valence-electron chi connectivity index (χ1n) is 8.52. The van der Waals surface area contributed by atoms with Crippen LogP contribution in [0.1, 0.15) is 37.3 Å². The van der Waals surface area contributed by atoms with Crippen LogP contribution in [0.2, 0.25) is 0 Å². The second-order valence-corrected chi connectivity index (χ2v) is 6.55. The Morgan fingerprint density at radius 1 is 0.957 bits per heavy atom. The highest BCUT2D eigenvalue weighted by Crippen LogP contribution is 2.37. The summed E-state index contributed by atoms with van der Waals surface area (Å²) in [6, 6.07) is 23.6. The summed E-state index contributed by atoms with van der Waals surface area (Å²) in [6.07, 6.45) is 3.39. The molecular weight excluding hydrogens is 280 g/mol. The molecule has 1 aliphatic heterocycles. The van der Waals surface area contributed by atoms with Crippen molar-refractivity contribution in [3.8, 4) is 6.07 Å². The summed E-state index contributed by atoms with van der Waals surface area (Å²) in [5.74, 6) is 0. The summed E-state index contributed by atoms with van der Waals surface area (Å²) < 4.78 is 0. The van der Waals surface area contributed by atoms with Crippen molar-refractivity contribution in [3.05, 3.63) is 71.8 Å². The van der Waals surface area contributed by atoms with Crippen LogP contribution in [0, 0.1) is 11.3 Å². The van der Waals surface area contributed by atoms with Crippen molar-refractivity contribution in [1.82, 2.24) is 4.90 Å². The van der Waals surface area contributed by atoms with Crippen molar-refractivity contribution in [2.45, 2.75) is 37.6 Å². The molecule has 1 saturated heterocycles. The van der Waals surface area contributed by atoms with E-state index >= 15 is 0 Å². The van der Waals surface area contributed by atoms with Gasteiger partial charge in [0.25, 0.3) is 0 Å². The van der Waals surface area contributed by atoms with Gasteiger partial charge in [0.15, 0.2) is 0 Å². The van der Waals surface area contributed by atoms with E-state index in [0.717, 1.165) is 30.6 Å². The fourth-order valence-electron chi connectivity index (χ4n) is 3.78. The lowest BCUT2D eigenvalue weighted by Gasteiger charge is -2.34. The van der Waals surface area contributed by atoms with Gasteiger partial charge in [0.05, 0.1) is 6.07 Å². The molecule has 0 bridgehead atoms. The van der Waals surface area contributed by atoms with E-state index in [9.17, 15) is 5.26 Å². The van der Waals surface area contributed by atoms with Crippen molar-refractivity contribution in [3.63, 3.8) is 0 Å². The molecule has 1 aliphatic rings. The number of nitriles is 1. The average molecular weight is 304 g/mol. The minimum atomic E-state index is -0.579. The maximum atomic E-state index is 10.2. The van der Waals surface area contributed by atoms with Crippen molar-refractivity contribution in [2.24, 2.45) is 0 Å². The summed E-state index contributed by atoms with van der Waals surface area (Å²) in [6.45, 7) is 4.59. The molecule has 2 aromatic rings. The Balaban J connectivity index is 2.01. The Labute approximate surface area is 139 Å². The van der Waals surface area contributed by atoms with Crippen LogP contribution in [0.25, 0.3) is 0 Å². The summed E-state index contributed by atoms with van der Waals surface area (Å²) in [4.78, 5) is 2.53. The highest BCUT2D eigenvalue weighted by molar-refractivity contribution is 5.46. The highest BCUT2D eigenvalue weighted by Gasteiger charge is 2.37. The molecule has 2 nitrogen and oxygen atoms in total. The molecule has 1 atom stereocenters. The smallest absolute Gasteiger partial charge is 0.109 e. The number of nitrogens with zero attached hydrogens (tertiary/aromatic N) is 2. The van der Waals surface area contributed by atoms with E-state index in [-0.39, 0.29) is 0 Å². The van der Waals surface area contributed by atoms with E-state index in [1.165, 1.54) is 12.8 Å². The molecule has 0 amide bonds. The SMILES string of the molecule is C[C@H](CC(C#N)(c1ccccc1)c1ccccc1)N1CCCC1. The van der Waals surface area contributed by atoms with Crippen LogP contribution in [-0.4, -0.2) is 24.0 Å². The summed E-state index contributed by atoms with van der Waals surface area (Å²) >= 11 is 0. The zero-order valence-corrected chi connectivity index (χ0v) is 13.8. The summed E-state index contributed by atoms with van der Waals surface area (Å²) in [5, 5.41) is 10.2. The van der Waals surface area contributed by atoms with E-state index in [1.807, 2.05) is 36.4 Å². The Hall–Kier alpha value is -2.11. The number of rotatable bonds is 5. The first kappa shape index (κ1) is 15.8. The highest BCUT2D eigenvalue weighted by atomic mass is 15.2. The van der Waals surface area contributed by atoms with Crippen LogP contribution in [0.3, 0.4) is 0 Å². The molecule has 0 radical (unpaired) electrons. The van der Waals surface area contributed by atoms with Gasteiger partial charge in [-0.15, -0.1) is 0 Å². The maximum Gasteiger partial charge on any atom is 0.109 e. The van der Waals surface area contributed by atoms with Gasteiger partial charge in [-0.25, -0.2) is 0 Å². The third kappa shape index (κ3) is 3.16. The second-order valence-electron chi connectivity index (χ2n) is 6.55. The van der Waals surface area contributed by atoms with Gasteiger partial charge < -0.3 is 4.90 Å². The Morgan fingerprint density at radius 3 is 1.87 bits per heavy atom. The number of hydrogen-bond donors (Lipinski definition) is 0. The van der Waals surface area contributed by atoms with E-state index in [4.69, 9.17) is 0 Å². The van der Waals surface area contributed by atoms with E-state index < -0.39 is 5.41 Å². The molecule has 2 aromatic carbocycles. The Bertz CT molecular complexity index is 612. The quantitative estimate of drug-likeness (QED) is 0.820. The molecule has 0 N–H and O–H groups in total. The fourth-order valence-corrected chi connectivity index (χ4v) is 3.78. The van der Waals surface area contributed by atoms with E-state index in [1.54, 1.807) is 0 Å². The van der Waals surface area contributed by atoms with Gasteiger partial charge >= 0.3 is 0 Å². The Kier molecular flexibility index (Phi) is 4.79. The van der Waals surface area contributed by atoms with Crippen LogP contribution in [0.4, 0.5) is 0 Å². The molecule has 0 spiro atoms. The zero-order valence-electron chi connectivity index (χ0n) is 13.8. The van der Waals surface area contributed by atoms with E-state index in [0.29, 0.717) is 6.04 Å². The monoisotopic (exact) mass is 304 g/mol. The molecule has 0 saturated carbocycles. The molecule has 1 fully saturated rings. The van der Waals surface area contributed by atoms with Crippen LogP contribution in [-0.2, 0) is 5.41 Å². The van der Waals surface area contributed by atoms with Crippen LogP contribution in [0.15, 0.2) is 60.7 Å². The van der Waals surface area contributed by atoms with Gasteiger partial charge in [-0.2, -0.15) is 5.26 Å². The van der Waals surface area contributed by atoms with Crippen molar-refractivity contribution >= 4 is 0 Å². The van der Waals surface area contributed by atoms with Crippen LogP contribution < -0.4 is 0 Å². The van der Waals surface area contributed by atoms with Crippen molar-refractivity contribution in [1.29, 1.82) is 5.26 Å². The molecule has 0 aromatic heterocycles. The third-order valence-corrected chi connectivity index (χ3v) is 5.09. The maximum absolute atomic E-state index is 10.2. The molecule has 118 valence electrons. The largest absolute Gasteiger partial charge is 0.301 e. The van der Waals surface area contributed by atoms with Gasteiger partial charge in [-0.1, -0.05) is 60.7 Å². The molecule has 0 unspecified atom stereocenters. The predicted molar refractivity (Wildman–Crippen MR) is 94.2 cm³/mol. The molecule has 23 heavy (non-hydrogen) atoms. The summed E-state index contributed by atoms with van der Waals surface area (Å²) in [7, 11) is 0. The normalized spacial score (nSPS) is 16.9. The second kappa shape index (κ2) is 6.98. The lowest BCUT2D eigenvalue weighted by atomic mass is 9.71. The van der Waals surface area contributed by atoms with Gasteiger partial charge in [0.2, 0.25) is 0 Å². The number of likely N-dealkylation sites (tertiary alicyclic amines) is 1. The van der Waals surface area contributed by atoms with Crippen molar-refractivity contribution < 1.29 is 0 Å². The first-order chi connectivity index (χ1) is 11.3. The van der Waals surface area contributed by atoms with Crippen molar-refractivity contribution in [2.75, 3.05) is 13.1 Å². The van der Waals surface area contributed by atoms with Gasteiger partial charge in [-0.05, 0) is 50.4 Å². The Morgan fingerprint density at radius 2 is 1.43 bits per heavy atom. The predicted octanol–water partition coefficient (Wildman–Crippen LogP) is 4.37. The molecule has 1 heterocycles. The summed E-state index contributed by atoms with van der Waals surface area (Å²) in [5.41, 5.74) is 1.62. The third-order valence-electron chi connectivity index (χ3n) is 5.09. The molecule has 3 rings (SSSR count). The lowest BCUT2D eigenvalue weighted by Crippen LogP contribution is -2.38. The number of benzene rings is 2. The van der Waals surface area contributed by atoms with Gasteiger partial charge in [-0.3, -0.25) is 0 Å². The molecular formula is C21H24N2. The average Bonchev–Trinajstić information content (AvgIpc) is 3.16. The minimum absolute atomic E-state index is 0.401. The van der Waals surface area contributed by atoms with Gasteiger partial charge in [0, 0.05) is 6.04 Å². The minimum Gasteiger partial charge on any atom is -0.301 e. The van der Waals surface area contributed by atoms with E-state index in [2.05, 4.69) is 42.2 Å². The van der Waals surface area contributed by atoms with Gasteiger partial charge in [0.1, 0.15) is 5.41 Å². The topological polar surface area (TPSA) is 27.0 Å². The lowest BCUT2D eigenvalue weighted by molar-refractivity contribution is 0.230. The first-order valence-corrected chi connectivity index (χ1v) is 8.52. The van der Waals surface area contributed by atoms with Crippen LogP contribution in [0.5, 0.6) is 0 Å². The van der Waals surface area contributed by atoms with Crippen LogP contribution >= 0.6 is 0 Å². The molecule has 0 aliphatic carbocycles. The zero-order chi connectivity index (χ0) is 16.1. The fraction of sp³-hybridized carbons (Fsp3) is 0.381. The molecule has 2 heteroatoms.